The summed E-state index contributed by atoms with van der Waals surface area (Å²) in [5.41, 5.74) is 8.14. The van der Waals surface area contributed by atoms with Gasteiger partial charge in [-0.05, 0) is 37.1 Å². The molecule has 1 saturated heterocycles. The lowest BCUT2D eigenvalue weighted by atomic mass is 10.0. The number of hydrogen-bond acceptors (Lipinski definition) is 6. The molecule has 0 radical (unpaired) electrons. The molecular weight excluding hydrogens is 358 g/mol. The highest BCUT2D eigenvalue weighted by Gasteiger charge is 2.30. The molecule has 2 heterocycles. The number of azo groups is 1. The zero-order valence-electron chi connectivity index (χ0n) is 15.3. The number of carbonyl (C=O) groups is 1. The van der Waals surface area contributed by atoms with Crippen molar-refractivity contribution in [1.29, 1.82) is 0 Å². The molecule has 1 aliphatic rings. The van der Waals surface area contributed by atoms with E-state index >= 15 is 0 Å². The molecule has 0 saturated carbocycles. The molecule has 2 unspecified atom stereocenters. The molecule has 1 fully saturated rings. The topological polar surface area (TPSA) is 111 Å². The second-order valence-electron chi connectivity index (χ2n) is 6.54. The van der Waals surface area contributed by atoms with Crippen LogP contribution in [0.5, 0.6) is 11.6 Å². The van der Waals surface area contributed by atoms with E-state index in [0.717, 1.165) is 16.8 Å². The first-order chi connectivity index (χ1) is 13.7. The van der Waals surface area contributed by atoms with Crippen molar-refractivity contribution in [2.24, 2.45) is 10.2 Å². The summed E-state index contributed by atoms with van der Waals surface area (Å²) in [7, 11) is 0. The second-order valence-corrected chi connectivity index (χ2v) is 6.54. The van der Waals surface area contributed by atoms with E-state index < -0.39 is 11.9 Å². The Morgan fingerprint density at radius 3 is 2.75 bits per heavy atom. The average Bonchev–Trinajstić information content (AvgIpc) is 3.31. The zero-order chi connectivity index (χ0) is 19.5. The van der Waals surface area contributed by atoms with E-state index in [9.17, 15) is 9.90 Å². The van der Waals surface area contributed by atoms with E-state index in [1.165, 1.54) is 0 Å². The lowest BCUT2D eigenvalue weighted by Gasteiger charge is -2.10. The fourth-order valence-corrected chi connectivity index (χ4v) is 3.28. The monoisotopic (exact) mass is 379 g/mol. The Labute approximate surface area is 161 Å². The highest BCUT2D eigenvalue weighted by Crippen LogP contribution is 2.35. The van der Waals surface area contributed by atoms with Gasteiger partial charge in [0.2, 0.25) is 5.88 Å². The van der Waals surface area contributed by atoms with Gasteiger partial charge in [0.15, 0.2) is 5.69 Å². The van der Waals surface area contributed by atoms with Crippen LogP contribution < -0.4 is 15.6 Å². The zero-order valence-corrected chi connectivity index (χ0v) is 15.3. The van der Waals surface area contributed by atoms with Crippen LogP contribution in [0.1, 0.15) is 24.9 Å². The largest absolute Gasteiger partial charge is 0.494 e. The average molecular weight is 379 g/mol. The molecule has 4 rings (SSSR count). The minimum atomic E-state index is -0.493. The van der Waals surface area contributed by atoms with Gasteiger partial charge in [-0.2, -0.15) is 0 Å². The summed E-state index contributed by atoms with van der Waals surface area (Å²) in [6.07, 6.45) is 0.547. The summed E-state index contributed by atoms with van der Waals surface area (Å²) < 4.78 is 5.45. The van der Waals surface area contributed by atoms with Crippen LogP contribution in [0, 0.1) is 0 Å². The number of benzene rings is 2. The number of fused-ring (bicyclic) bond motifs is 1. The standard InChI is InChI=1S/C20H21N5O3/c1-2-28-13-9-7-12(8-10-13)16-11-17(23-22-16)19(26)25-24-18-14-5-3-4-6-15(14)21-20(18)27/h3-10,16-17,21-23,27H,2,11H2,1H3. The number of aromatic amines is 1. The number of aromatic hydroxyl groups is 1. The number of amides is 1. The quantitative estimate of drug-likeness (QED) is 0.507. The summed E-state index contributed by atoms with van der Waals surface area (Å²) in [5, 5.41) is 18.5. The molecule has 144 valence electrons. The summed E-state index contributed by atoms with van der Waals surface area (Å²) >= 11 is 0. The molecule has 1 aliphatic heterocycles. The number of carbonyl (C=O) groups excluding carboxylic acids is 1. The number of nitrogens with one attached hydrogen (secondary N) is 3. The van der Waals surface area contributed by atoms with Crippen LogP contribution in [-0.2, 0) is 4.79 Å². The minimum absolute atomic E-state index is 0.0127. The van der Waals surface area contributed by atoms with Gasteiger partial charge in [-0.1, -0.05) is 30.3 Å². The normalized spacial score (nSPS) is 19.5. The molecule has 2 aromatic carbocycles. The summed E-state index contributed by atoms with van der Waals surface area (Å²) in [6, 6.07) is 14.6. The third kappa shape index (κ3) is 3.60. The molecule has 8 nitrogen and oxygen atoms in total. The Balaban J connectivity index is 1.43. The number of para-hydroxylation sites is 1. The van der Waals surface area contributed by atoms with Gasteiger partial charge in [-0.15, -0.1) is 10.2 Å². The van der Waals surface area contributed by atoms with Crippen molar-refractivity contribution in [3.05, 3.63) is 54.1 Å². The van der Waals surface area contributed by atoms with Crippen molar-refractivity contribution >= 4 is 22.5 Å². The molecule has 28 heavy (non-hydrogen) atoms. The lowest BCUT2D eigenvalue weighted by Crippen LogP contribution is -2.35. The van der Waals surface area contributed by atoms with Crippen molar-refractivity contribution in [2.75, 3.05) is 6.61 Å². The highest BCUT2D eigenvalue weighted by atomic mass is 16.5. The maximum absolute atomic E-state index is 12.4. The number of nitrogens with zero attached hydrogens (tertiary/aromatic N) is 2. The van der Waals surface area contributed by atoms with Gasteiger partial charge in [0.25, 0.3) is 5.91 Å². The second kappa shape index (κ2) is 7.79. The van der Waals surface area contributed by atoms with E-state index in [2.05, 4.69) is 26.1 Å². The molecule has 1 aromatic heterocycles. The minimum Gasteiger partial charge on any atom is -0.494 e. The van der Waals surface area contributed by atoms with Crippen molar-refractivity contribution in [3.8, 4) is 11.6 Å². The van der Waals surface area contributed by atoms with Gasteiger partial charge in [-0.25, -0.2) is 10.9 Å². The Bertz CT molecular complexity index is 1010. The number of hydrazine groups is 1. The molecular formula is C20H21N5O3. The molecule has 2 atom stereocenters. The third-order valence-corrected chi connectivity index (χ3v) is 4.70. The van der Waals surface area contributed by atoms with Crippen LogP contribution in [0.25, 0.3) is 10.9 Å². The van der Waals surface area contributed by atoms with E-state index in [-0.39, 0.29) is 17.6 Å². The van der Waals surface area contributed by atoms with Crippen LogP contribution in [-0.4, -0.2) is 28.6 Å². The molecule has 0 bridgehead atoms. The molecule has 3 aromatic rings. The summed E-state index contributed by atoms with van der Waals surface area (Å²) in [6.45, 7) is 2.56. The summed E-state index contributed by atoms with van der Waals surface area (Å²) in [5.74, 6) is 0.310. The molecule has 1 amide bonds. The maximum Gasteiger partial charge on any atom is 0.282 e. The number of H-pyrrole nitrogens is 1. The van der Waals surface area contributed by atoms with Crippen LogP contribution in [0.2, 0.25) is 0 Å². The van der Waals surface area contributed by atoms with Crippen LogP contribution in [0.15, 0.2) is 58.8 Å². The van der Waals surface area contributed by atoms with Crippen molar-refractivity contribution in [1.82, 2.24) is 15.8 Å². The van der Waals surface area contributed by atoms with Crippen molar-refractivity contribution in [2.45, 2.75) is 25.4 Å². The molecule has 8 heteroatoms. The lowest BCUT2D eigenvalue weighted by molar-refractivity contribution is -0.120. The number of rotatable bonds is 5. The number of aromatic nitrogens is 1. The van der Waals surface area contributed by atoms with E-state index in [0.29, 0.717) is 18.4 Å². The van der Waals surface area contributed by atoms with Crippen molar-refractivity contribution in [3.63, 3.8) is 0 Å². The van der Waals surface area contributed by atoms with Crippen molar-refractivity contribution < 1.29 is 14.6 Å². The van der Waals surface area contributed by atoms with Crippen LogP contribution in [0.4, 0.5) is 5.69 Å². The maximum atomic E-state index is 12.4. The predicted octanol–water partition coefficient (Wildman–Crippen LogP) is 3.49. The Morgan fingerprint density at radius 2 is 1.96 bits per heavy atom. The fraction of sp³-hybridized carbons (Fsp3) is 0.250. The van der Waals surface area contributed by atoms with Gasteiger partial charge >= 0.3 is 0 Å². The van der Waals surface area contributed by atoms with Gasteiger partial charge < -0.3 is 14.8 Å². The van der Waals surface area contributed by atoms with Gasteiger partial charge in [0.05, 0.1) is 12.1 Å². The third-order valence-electron chi connectivity index (χ3n) is 4.70. The van der Waals surface area contributed by atoms with E-state index in [1.54, 1.807) is 0 Å². The van der Waals surface area contributed by atoms with Gasteiger partial charge in [0, 0.05) is 11.4 Å². The number of hydrogen-bond donors (Lipinski definition) is 4. The first-order valence-corrected chi connectivity index (χ1v) is 9.14. The predicted molar refractivity (Wildman–Crippen MR) is 105 cm³/mol. The number of ether oxygens (including phenoxy) is 1. The van der Waals surface area contributed by atoms with Crippen LogP contribution >= 0.6 is 0 Å². The Morgan fingerprint density at radius 1 is 1.18 bits per heavy atom. The first kappa shape index (κ1) is 18.1. The first-order valence-electron chi connectivity index (χ1n) is 9.14. The van der Waals surface area contributed by atoms with Crippen LogP contribution in [0.3, 0.4) is 0 Å². The van der Waals surface area contributed by atoms with Gasteiger partial charge in [-0.3, -0.25) is 4.79 Å². The van der Waals surface area contributed by atoms with Gasteiger partial charge in [0.1, 0.15) is 11.8 Å². The Hall–Kier alpha value is -3.23. The molecule has 0 spiro atoms. The Kier molecular flexibility index (Phi) is 5.05. The molecule has 4 N–H and O–H groups in total. The molecule has 0 aliphatic carbocycles. The fourth-order valence-electron chi connectivity index (χ4n) is 3.28. The highest BCUT2D eigenvalue weighted by molar-refractivity contribution is 5.94. The van der Waals surface area contributed by atoms with E-state index in [1.807, 2.05) is 55.5 Å². The summed E-state index contributed by atoms with van der Waals surface area (Å²) in [4.78, 5) is 15.2. The van der Waals surface area contributed by atoms with E-state index in [4.69, 9.17) is 4.74 Å². The SMILES string of the molecule is CCOc1ccc(C2CC(C(=O)N=Nc3c(O)[nH]c4ccccc34)NN2)cc1. The smallest absolute Gasteiger partial charge is 0.282 e.